The predicted molar refractivity (Wildman–Crippen MR) is 97.1 cm³/mol. The Kier molecular flexibility index (Phi) is 5.01. The lowest BCUT2D eigenvalue weighted by atomic mass is 10.2. The summed E-state index contributed by atoms with van der Waals surface area (Å²) in [4.78, 5) is 30.5. The van der Waals surface area contributed by atoms with Crippen LogP contribution in [0.25, 0.3) is 11.0 Å². The van der Waals surface area contributed by atoms with Crippen LogP contribution in [0.1, 0.15) is 5.56 Å². The zero-order chi connectivity index (χ0) is 18.7. The van der Waals surface area contributed by atoms with E-state index in [9.17, 15) is 9.59 Å². The molecule has 2 aromatic heterocycles. The Hall–Kier alpha value is -3.16. The van der Waals surface area contributed by atoms with Gasteiger partial charge < -0.3 is 9.64 Å². The van der Waals surface area contributed by atoms with Crippen molar-refractivity contribution in [2.75, 3.05) is 20.2 Å². The Morgan fingerprint density at radius 2 is 2.08 bits per heavy atom. The number of nitrogens with zero attached hydrogens (tertiary/aromatic N) is 5. The van der Waals surface area contributed by atoms with Gasteiger partial charge in [-0.15, -0.1) is 0 Å². The van der Waals surface area contributed by atoms with Crippen LogP contribution < -0.4 is 10.3 Å². The molecule has 136 valence electrons. The second-order valence-corrected chi connectivity index (χ2v) is 6.11. The van der Waals surface area contributed by atoms with Gasteiger partial charge in [0.1, 0.15) is 30.6 Å². The van der Waals surface area contributed by atoms with Gasteiger partial charge in [0.25, 0.3) is 5.56 Å². The summed E-state index contributed by atoms with van der Waals surface area (Å²) in [5.74, 6) is 0.612. The number of carbonyl (C=O) groups is 1. The third-order valence-electron chi connectivity index (χ3n) is 4.23. The molecule has 0 fully saturated rings. The van der Waals surface area contributed by atoms with Crippen LogP contribution in [0, 0.1) is 6.92 Å². The Morgan fingerprint density at radius 1 is 1.31 bits per heavy atom. The fourth-order valence-corrected chi connectivity index (χ4v) is 2.58. The number of rotatable bonds is 6. The fourth-order valence-electron chi connectivity index (χ4n) is 2.58. The first-order chi connectivity index (χ1) is 12.5. The van der Waals surface area contributed by atoms with Crippen molar-refractivity contribution in [2.24, 2.45) is 7.05 Å². The highest BCUT2D eigenvalue weighted by Crippen LogP contribution is 2.15. The van der Waals surface area contributed by atoms with Gasteiger partial charge in [-0.1, -0.05) is 18.2 Å². The Balaban J connectivity index is 1.60. The van der Waals surface area contributed by atoms with E-state index in [1.807, 2.05) is 31.2 Å². The van der Waals surface area contributed by atoms with Gasteiger partial charge in [0.2, 0.25) is 5.91 Å². The maximum atomic E-state index is 12.4. The third kappa shape index (κ3) is 3.58. The van der Waals surface area contributed by atoms with Gasteiger partial charge >= 0.3 is 0 Å². The molecule has 8 nitrogen and oxygen atoms in total. The summed E-state index contributed by atoms with van der Waals surface area (Å²) in [5, 5.41) is 4.41. The van der Waals surface area contributed by atoms with Crippen molar-refractivity contribution >= 4 is 16.9 Å². The van der Waals surface area contributed by atoms with Crippen LogP contribution in [0.3, 0.4) is 0 Å². The second-order valence-electron chi connectivity index (χ2n) is 6.11. The average molecular weight is 355 g/mol. The lowest BCUT2D eigenvalue weighted by Gasteiger charge is -2.18. The molecule has 0 radical (unpaired) electrons. The number of likely N-dealkylation sites (N-methyl/N-ethyl adjacent to an activating group) is 1. The molecule has 0 unspecified atom stereocenters. The van der Waals surface area contributed by atoms with Gasteiger partial charge in [-0.25, -0.2) is 4.98 Å². The fraction of sp³-hybridized carbons (Fsp3) is 0.333. The molecule has 0 aliphatic rings. The van der Waals surface area contributed by atoms with E-state index in [4.69, 9.17) is 4.74 Å². The van der Waals surface area contributed by atoms with Crippen molar-refractivity contribution in [1.29, 1.82) is 0 Å². The number of fused-ring (bicyclic) bond motifs is 1. The predicted octanol–water partition coefficient (Wildman–Crippen LogP) is 0.976. The third-order valence-corrected chi connectivity index (χ3v) is 4.23. The number of carbonyl (C=O) groups excluding carboxylic acids is 1. The maximum absolute atomic E-state index is 12.4. The number of ether oxygens (including phenoxy) is 1. The molecule has 0 saturated heterocycles. The molecular formula is C18H21N5O3. The van der Waals surface area contributed by atoms with Crippen LogP contribution in [0.15, 0.2) is 41.6 Å². The number of hydrogen-bond donors (Lipinski definition) is 0. The van der Waals surface area contributed by atoms with E-state index < -0.39 is 0 Å². The molecule has 0 N–H and O–H groups in total. The largest absolute Gasteiger partial charge is 0.491 e. The van der Waals surface area contributed by atoms with Gasteiger partial charge in [-0.05, 0) is 18.6 Å². The highest BCUT2D eigenvalue weighted by molar-refractivity contribution is 5.77. The minimum absolute atomic E-state index is 0.0719. The quantitative estimate of drug-likeness (QED) is 0.658. The SMILES string of the molecule is Cc1ccccc1OCCN(C)C(=O)Cn1cnc2c(cnn2C)c1=O. The van der Waals surface area contributed by atoms with Crippen LogP contribution in [0.4, 0.5) is 0 Å². The van der Waals surface area contributed by atoms with Crippen molar-refractivity contribution in [2.45, 2.75) is 13.5 Å². The van der Waals surface area contributed by atoms with E-state index in [2.05, 4.69) is 10.1 Å². The van der Waals surface area contributed by atoms with E-state index in [1.165, 1.54) is 26.7 Å². The molecule has 0 bridgehead atoms. The number of para-hydroxylation sites is 1. The van der Waals surface area contributed by atoms with Crippen molar-refractivity contribution in [3.8, 4) is 5.75 Å². The Bertz CT molecular complexity index is 992. The van der Waals surface area contributed by atoms with E-state index >= 15 is 0 Å². The molecule has 2 heterocycles. The zero-order valence-electron chi connectivity index (χ0n) is 15.0. The number of hydrogen-bond acceptors (Lipinski definition) is 5. The van der Waals surface area contributed by atoms with Gasteiger partial charge in [-0.3, -0.25) is 18.8 Å². The second kappa shape index (κ2) is 7.38. The minimum Gasteiger partial charge on any atom is -0.491 e. The molecule has 26 heavy (non-hydrogen) atoms. The summed E-state index contributed by atoms with van der Waals surface area (Å²) in [6, 6.07) is 7.72. The summed E-state index contributed by atoms with van der Waals surface area (Å²) in [6.45, 7) is 2.70. The molecule has 0 aliphatic heterocycles. The van der Waals surface area contributed by atoms with E-state index in [0.29, 0.717) is 24.2 Å². The van der Waals surface area contributed by atoms with E-state index in [-0.39, 0.29) is 18.0 Å². The first kappa shape index (κ1) is 17.7. The van der Waals surface area contributed by atoms with Crippen molar-refractivity contribution in [3.05, 3.63) is 52.7 Å². The lowest BCUT2D eigenvalue weighted by molar-refractivity contribution is -0.130. The normalized spacial score (nSPS) is 10.9. The van der Waals surface area contributed by atoms with Crippen LogP contribution in [0.5, 0.6) is 5.75 Å². The van der Waals surface area contributed by atoms with Crippen LogP contribution in [-0.2, 0) is 18.4 Å². The minimum atomic E-state index is -0.277. The van der Waals surface area contributed by atoms with Crippen LogP contribution in [-0.4, -0.2) is 50.3 Å². The standard InChI is InChI=1S/C18H21N5O3/c1-13-6-4-5-7-15(13)26-9-8-21(2)16(24)11-23-12-19-17-14(18(23)25)10-20-22(17)3/h4-7,10,12H,8-9,11H2,1-3H3. The van der Waals surface area contributed by atoms with Crippen LogP contribution in [0.2, 0.25) is 0 Å². The van der Waals surface area contributed by atoms with Gasteiger partial charge in [-0.2, -0.15) is 5.10 Å². The summed E-state index contributed by atoms with van der Waals surface area (Å²) in [7, 11) is 3.40. The molecule has 8 heteroatoms. The molecular weight excluding hydrogens is 334 g/mol. The molecule has 0 aliphatic carbocycles. The Morgan fingerprint density at radius 3 is 2.85 bits per heavy atom. The summed E-state index contributed by atoms with van der Waals surface area (Å²) >= 11 is 0. The summed E-state index contributed by atoms with van der Waals surface area (Å²) in [6.07, 6.45) is 2.84. The van der Waals surface area contributed by atoms with E-state index in [0.717, 1.165) is 11.3 Å². The molecule has 0 saturated carbocycles. The number of benzene rings is 1. The summed E-state index contributed by atoms with van der Waals surface area (Å²) in [5.41, 5.74) is 1.27. The topological polar surface area (TPSA) is 82.2 Å². The number of amides is 1. The molecule has 0 spiro atoms. The molecule has 3 aromatic rings. The Labute approximate surface area is 150 Å². The number of aryl methyl sites for hydroxylation is 2. The monoisotopic (exact) mass is 355 g/mol. The van der Waals surface area contributed by atoms with Crippen molar-refractivity contribution in [1.82, 2.24) is 24.2 Å². The molecule has 1 aromatic carbocycles. The van der Waals surface area contributed by atoms with Crippen molar-refractivity contribution < 1.29 is 9.53 Å². The maximum Gasteiger partial charge on any atom is 0.264 e. The van der Waals surface area contributed by atoms with E-state index in [1.54, 1.807) is 14.1 Å². The lowest BCUT2D eigenvalue weighted by Crippen LogP contribution is -2.36. The summed E-state index contributed by atoms with van der Waals surface area (Å²) < 4.78 is 8.53. The highest BCUT2D eigenvalue weighted by Gasteiger charge is 2.14. The molecule has 0 atom stereocenters. The average Bonchev–Trinajstić information content (AvgIpc) is 3.00. The first-order valence-corrected chi connectivity index (χ1v) is 8.27. The molecule has 3 rings (SSSR count). The number of aromatic nitrogens is 4. The highest BCUT2D eigenvalue weighted by atomic mass is 16.5. The van der Waals surface area contributed by atoms with Gasteiger partial charge in [0.05, 0.1) is 12.7 Å². The van der Waals surface area contributed by atoms with Gasteiger partial charge in [0, 0.05) is 14.1 Å². The van der Waals surface area contributed by atoms with Crippen molar-refractivity contribution in [3.63, 3.8) is 0 Å². The van der Waals surface area contributed by atoms with Crippen LogP contribution >= 0.6 is 0 Å². The molecule has 1 amide bonds. The van der Waals surface area contributed by atoms with Gasteiger partial charge in [0.15, 0.2) is 5.65 Å². The zero-order valence-corrected chi connectivity index (χ0v) is 15.0. The first-order valence-electron chi connectivity index (χ1n) is 8.27. The smallest absolute Gasteiger partial charge is 0.264 e.